The fourth-order valence-corrected chi connectivity index (χ4v) is 7.62. The second kappa shape index (κ2) is 14.9. The van der Waals surface area contributed by atoms with Crippen LogP contribution in [0.4, 0.5) is 4.79 Å². The number of rotatable bonds is 14. The largest absolute Gasteiger partial charge is 0.346 e. The van der Waals surface area contributed by atoms with Gasteiger partial charge in [0.1, 0.15) is 12.1 Å². The van der Waals surface area contributed by atoms with Crippen LogP contribution >= 0.6 is 0 Å². The maximum atomic E-state index is 14.5. The Kier molecular flexibility index (Phi) is 12.2. The van der Waals surface area contributed by atoms with Crippen LogP contribution < -0.4 is 21.3 Å². The summed E-state index contributed by atoms with van der Waals surface area (Å²) in [7, 11) is -2.05. The first-order valence-electron chi connectivity index (χ1n) is 17.1. The standard InChI is InChI=1S/C34H58N6O7S/c1-11-13-23(26(41)29(43)35-18-12-2)36-28(42)25-21-14-15-34(16-17-34)22(21)19-40(25)30(44)27(33(6,7)8)38-31(45)37-24(32(3,4)5)20-39(9)48(10,46)47/h12,21-25,27H,2,11,13-20H2,1,3-10H3,(H,35,43)(H,36,42)(H2,37,38,45)/t21-,22?,23?,24+,25-,27+/m0/s1. The minimum absolute atomic E-state index is 0.0347. The minimum atomic E-state index is -3.50. The van der Waals surface area contributed by atoms with Gasteiger partial charge >= 0.3 is 6.03 Å². The van der Waals surface area contributed by atoms with E-state index in [-0.39, 0.29) is 36.8 Å². The van der Waals surface area contributed by atoms with Crippen LogP contribution in [0.3, 0.4) is 0 Å². The lowest BCUT2D eigenvalue weighted by molar-refractivity contribution is -0.144. The Morgan fingerprint density at radius 2 is 1.62 bits per heavy atom. The topological polar surface area (TPSA) is 174 Å². The van der Waals surface area contributed by atoms with Crippen molar-refractivity contribution in [2.45, 2.75) is 111 Å². The van der Waals surface area contributed by atoms with Gasteiger partial charge in [-0.2, -0.15) is 0 Å². The molecule has 1 heterocycles. The van der Waals surface area contributed by atoms with Crippen molar-refractivity contribution >= 4 is 39.6 Å². The summed E-state index contributed by atoms with van der Waals surface area (Å²) in [6.07, 6.45) is 7.22. The highest BCUT2D eigenvalue weighted by Gasteiger charge is 2.64. The number of carbonyl (C=O) groups is 5. The van der Waals surface area contributed by atoms with E-state index in [1.807, 2.05) is 48.5 Å². The number of amides is 5. The van der Waals surface area contributed by atoms with E-state index in [0.717, 1.165) is 31.9 Å². The minimum Gasteiger partial charge on any atom is -0.346 e. The zero-order chi connectivity index (χ0) is 36.4. The third kappa shape index (κ3) is 9.16. The molecule has 5 amide bonds. The van der Waals surface area contributed by atoms with Gasteiger partial charge in [-0.25, -0.2) is 17.5 Å². The van der Waals surface area contributed by atoms with Crippen LogP contribution in [0.1, 0.15) is 87.0 Å². The number of nitrogens with one attached hydrogen (secondary N) is 4. The summed E-state index contributed by atoms with van der Waals surface area (Å²) in [5, 5.41) is 11.1. The third-order valence-electron chi connectivity index (χ3n) is 10.4. The van der Waals surface area contributed by atoms with Gasteiger partial charge in [-0.3, -0.25) is 19.2 Å². The predicted octanol–water partition coefficient (Wildman–Crippen LogP) is 2.18. The normalized spacial score (nSPS) is 23.5. The maximum absolute atomic E-state index is 14.5. The summed E-state index contributed by atoms with van der Waals surface area (Å²) in [5.41, 5.74) is -1.16. The van der Waals surface area contributed by atoms with Gasteiger partial charge in [0.2, 0.25) is 27.6 Å². The molecule has 4 N–H and O–H groups in total. The first-order chi connectivity index (χ1) is 22.1. The van der Waals surface area contributed by atoms with Crippen LogP contribution in [0.25, 0.3) is 0 Å². The van der Waals surface area contributed by atoms with Crippen LogP contribution in [0, 0.1) is 28.1 Å². The summed E-state index contributed by atoms with van der Waals surface area (Å²) in [4.78, 5) is 69.4. The molecule has 0 aromatic carbocycles. The number of urea groups is 1. The lowest BCUT2D eigenvalue weighted by Gasteiger charge is -2.38. The zero-order valence-electron chi connectivity index (χ0n) is 30.3. The Hall–Kier alpha value is -3.00. The number of ketones is 1. The van der Waals surface area contributed by atoms with E-state index in [0.29, 0.717) is 13.0 Å². The quantitative estimate of drug-likeness (QED) is 0.159. The molecule has 2 saturated carbocycles. The van der Waals surface area contributed by atoms with E-state index in [2.05, 4.69) is 27.8 Å². The summed E-state index contributed by atoms with van der Waals surface area (Å²) in [5.74, 6) is -2.39. The molecular formula is C34H58N6O7S. The second-order valence-electron chi connectivity index (χ2n) is 16.2. The van der Waals surface area contributed by atoms with Gasteiger partial charge < -0.3 is 26.2 Å². The molecule has 14 heteroatoms. The highest BCUT2D eigenvalue weighted by Crippen LogP contribution is 2.66. The van der Waals surface area contributed by atoms with Gasteiger partial charge in [0, 0.05) is 32.7 Å². The smallest absolute Gasteiger partial charge is 0.315 e. The molecule has 48 heavy (non-hydrogen) atoms. The van der Waals surface area contributed by atoms with E-state index in [1.54, 1.807) is 4.90 Å². The zero-order valence-corrected chi connectivity index (χ0v) is 31.1. The average molecular weight is 695 g/mol. The van der Waals surface area contributed by atoms with Crippen molar-refractivity contribution in [3.8, 4) is 0 Å². The molecule has 1 spiro atoms. The maximum Gasteiger partial charge on any atom is 0.315 e. The molecule has 2 unspecified atom stereocenters. The number of carbonyl (C=O) groups excluding carboxylic acids is 5. The Labute approximate surface area is 286 Å². The molecule has 3 aliphatic rings. The van der Waals surface area contributed by atoms with E-state index in [9.17, 15) is 32.4 Å². The first-order valence-corrected chi connectivity index (χ1v) is 18.9. The van der Waals surface area contributed by atoms with Crippen LogP contribution in [-0.2, 0) is 29.2 Å². The molecule has 0 bridgehead atoms. The van der Waals surface area contributed by atoms with Crippen molar-refractivity contribution in [2.24, 2.45) is 28.1 Å². The van der Waals surface area contributed by atoms with Gasteiger partial charge in [0.05, 0.1) is 12.3 Å². The van der Waals surface area contributed by atoms with Crippen LogP contribution in [0.15, 0.2) is 12.7 Å². The number of sulfonamides is 1. The number of Topliss-reactive ketones (excluding diaryl/α,β-unsaturated/α-hetero) is 1. The molecule has 13 nitrogen and oxygen atoms in total. The van der Waals surface area contributed by atoms with Gasteiger partial charge in [0.15, 0.2) is 0 Å². The molecule has 0 radical (unpaired) electrons. The first kappa shape index (κ1) is 39.4. The van der Waals surface area contributed by atoms with E-state index in [1.165, 1.54) is 17.4 Å². The van der Waals surface area contributed by atoms with Gasteiger partial charge in [0.25, 0.3) is 5.91 Å². The van der Waals surface area contributed by atoms with Crippen molar-refractivity contribution < 1.29 is 32.4 Å². The molecule has 3 rings (SSSR count). The van der Waals surface area contributed by atoms with Crippen LogP contribution in [-0.4, -0.2) is 104 Å². The van der Waals surface area contributed by atoms with Crippen molar-refractivity contribution in [1.82, 2.24) is 30.5 Å². The van der Waals surface area contributed by atoms with E-state index in [4.69, 9.17) is 0 Å². The molecule has 0 aromatic rings. The lowest BCUT2D eigenvalue weighted by Crippen LogP contribution is -2.62. The predicted molar refractivity (Wildman–Crippen MR) is 184 cm³/mol. The van der Waals surface area contributed by atoms with Crippen LogP contribution in [0.5, 0.6) is 0 Å². The summed E-state index contributed by atoms with van der Waals surface area (Å²) in [6.45, 7) is 17.1. The number of likely N-dealkylation sites (tertiary alicyclic amines) is 1. The SMILES string of the molecule is C=CCNC(=O)C(=O)C(CCC)NC(=O)[C@@H]1[C@H]2CCC3(CC3)C2CN1C(=O)[C@@H](NC(=O)N[C@H](CN(C)S(C)(=O)=O)C(C)(C)C)C(C)(C)C. The molecule has 0 aromatic heterocycles. The third-order valence-corrected chi connectivity index (χ3v) is 11.7. The number of nitrogens with zero attached hydrogens (tertiary/aromatic N) is 2. The lowest BCUT2D eigenvalue weighted by atomic mass is 9.85. The highest BCUT2D eigenvalue weighted by atomic mass is 32.2. The number of likely N-dealkylation sites (N-methyl/N-ethyl adjacent to an activating group) is 1. The average Bonchev–Trinajstić information content (AvgIpc) is 3.54. The summed E-state index contributed by atoms with van der Waals surface area (Å²) in [6, 6.07) is -4.12. The second-order valence-corrected chi connectivity index (χ2v) is 18.3. The van der Waals surface area contributed by atoms with Gasteiger partial charge in [-0.15, -0.1) is 6.58 Å². The van der Waals surface area contributed by atoms with E-state index < -0.39 is 74.6 Å². The molecule has 3 fully saturated rings. The summed E-state index contributed by atoms with van der Waals surface area (Å²) >= 11 is 0. The van der Waals surface area contributed by atoms with Crippen molar-refractivity contribution in [2.75, 3.05) is 32.9 Å². The number of fused-ring (bicyclic) bond motifs is 2. The summed E-state index contributed by atoms with van der Waals surface area (Å²) < 4.78 is 25.4. The van der Waals surface area contributed by atoms with Crippen molar-refractivity contribution in [1.29, 1.82) is 0 Å². The molecule has 1 saturated heterocycles. The van der Waals surface area contributed by atoms with Gasteiger partial charge in [-0.1, -0.05) is 61.0 Å². The fourth-order valence-electron chi connectivity index (χ4n) is 7.20. The Bertz CT molecular complexity index is 1360. The number of hydrogen-bond acceptors (Lipinski definition) is 7. The Balaban J connectivity index is 1.88. The molecule has 1 aliphatic heterocycles. The van der Waals surface area contributed by atoms with Gasteiger partial charge in [-0.05, 0) is 60.2 Å². The van der Waals surface area contributed by atoms with Crippen LogP contribution in [0.2, 0.25) is 0 Å². The van der Waals surface area contributed by atoms with Crippen molar-refractivity contribution in [3.05, 3.63) is 12.7 Å². The highest BCUT2D eigenvalue weighted by molar-refractivity contribution is 7.88. The monoisotopic (exact) mass is 694 g/mol. The Morgan fingerprint density at radius 1 is 1.00 bits per heavy atom. The fraction of sp³-hybridized carbons (Fsp3) is 0.794. The van der Waals surface area contributed by atoms with E-state index >= 15 is 0 Å². The molecule has 272 valence electrons. The molecule has 2 aliphatic carbocycles. The number of hydrogen-bond donors (Lipinski definition) is 4. The van der Waals surface area contributed by atoms with Crippen molar-refractivity contribution in [3.63, 3.8) is 0 Å². The molecule has 6 atom stereocenters. The Morgan fingerprint density at radius 3 is 2.12 bits per heavy atom. The molecular weight excluding hydrogens is 636 g/mol.